The molecule has 2 aromatic carbocycles. The lowest BCUT2D eigenvalue weighted by Gasteiger charge is -2.13. The molecule has 0 amide bonds. The maximum absolute atomic E-state index is 9.20. The standard InChI is InChI=1S/C17H18BrNO2/c18-14-4-7-17(13(9-14)10-19-15-5-6-15)21-16-3-1-2-12(8-16)11-20/h1-4,7-9,15,19-20H,5-6,10-11H2. The fraction of sp³-hybridized carbons (Fsp3) is 0.294. The number of hydrogen-bond donors (Lipinski definition) is 2. The summed E-state index contributed by atoms with van der Waals surface area (Å²) in [5.74, 6) is 1.60. The number of aliphatic hydroxyl groups excluding tert-OH is 1. The van der Waals surface area contributed by atoms with Crippen LogP contribution in [-0.4, -0.2) is 11.1 Å². The van der Waals surface area contributed by atoms with Gasteiger partial charge in [-0.3, -0.25) is 0 Å². The zero-order valence-corrected chi connectivity index (χ0v) is 13.3. The van der Waals surface area contributed by atoms with Gasteiger partial charge in [0, 0.05) is 22.6 Å². The van der Waals surface area contributed by atoms with Gasteiger partial charge in [-0.15, -0.1) is 0 Å². The van der Waals surface area contributed by atoms with Gasteiger partial charge in [0.2, 0.25) is 0 Å². The largest absolute Gasteiger partial charge is 0.457 e. The van der Waals surface area contributed by atoms with E-state index in [1.165, 1.54) is 12.8 Å². The summed E-state index contributed by atoms with van der Waals surface area (Å²) in [7, 11) is 0. The van der Waals surface area contributed by atoms with E-state index in [2.05, 4.69) is 27.3 Å². The summed E-state index contributed by atoms with van der Waals surface area (Å²) in [5.41, 5.74) is 1.98. The molecule has 2 aromatic rings. The molecule has 0 aliphatic heterocycles. The van der Waals surface area contributed by atoms with Gasteiger partial charge in [-0.1, -0.05) is 28.1 Å². The van der Waals surface area contributed by atoms with Crippen LogP contribution in [0.3, 0.4) is 0 Å². The third-order valence-corrected chi connectivity index (χ3v) is 3.98. The minimum atomic E-state index is 0.0215. The van der Waals surface area contributed by atoms with Crippen molar-refractivity contribution in [3.8, 4) is 11.5 Å². The summed E-state index contributed by atoms with van der Waals surface area (Å²) in [6.45, 7) is 0.826. The van der Waals surface area contributed by atoms with Crippen LogP contribution in [0.25, 0.3) is 0 Å². The molecular formula is C17H18BrNO2. The molecule has 0 unspecified atom stereocenters. The van der Waals surface area contributed by atoms with E-state index in [1.807, 2.05) is 36.4 Å². The van der Waals surface area contributed by atoms with Crippen molar-refractivity contribution in [2.45, 2.75) is 32.0 Å². The third-order valence-electron chi connectivity index (χ3n) is 3.49. The minimum absolute atomic E-state index is 0.0215. The van der Waals surface area contributed by atoms with Crippen LogP contribution in [0.15, 0.2) is 46.9 Å². The zero-order chi connectivity index (χ0) is 14.7. The fourth-order valence-electron chi connectivity index (χ4n) is 2.16. The molecule has 0 saturated heterocycles. The summed E-state index contributed by atoms with van der Waals surface area (Å²) in [6, 6.07) is 14.2. The summed E-state index contributed by atoms with van der Waals surface area (Å²) in [4.78, 5) is 0. The highest BCUT2D eigenvalue weighted by Crippen LogP contribution is 2.29. The van der Waals surface area contributed by atoms with Crippen LogP contribution in [0.4, 0.5) is 0 Å². The number of nitrogens with one attached hydrogen (secondary N) is 1. The van der Waals surface area contributed by atoms with Crippen LogP contribution in [0.2, 0.25) is 0 Å². The van der Waals surface area contributed by atoms with E-state index in [0.29, 0.717) is 6.04 Å². The lowest BCUT2D eigenvalue weighted by molar-refractivity contribution is 0.281. The molecule has 1 fully saturated rings. The van der Waals surface area contributed by atoms with Crippen molar-refractivity contribution in [2.24, 2.45) is 0 Å². The average molecular weight is 348 g/mol. The van der Waals surface area contributed by atoms with Crippen molar-refractivity contribution < 1.29 is 9.84 Å². The van der Waals surface area contributed by atoms with Crippen LogP contribution in [0.5, 0.6) is 11.5 Å². The number of benzene rings is 2. The Morgan fingerprint density at radius 1 is 1.19 bits per heavy atom. The van der Waals surface area contributed by atoms with Crippen LogP contribution in [-0.2, 0) is 13.2 Å². The van der Waals surface area contributed by atoms with Crippen LogP contribution >= 0.6 is 15.9 Å². The molecule has 1 aliphatic rings. The molecule has 1 saturated carbocycles. The molecule has 0 spiro atoms. The van der Waals surface area contributed by atoms with E-state index in [0.717, 1.165) is 33.6 Å². The van der Waals surface area contributed by atoms with Gasteiger partial charge in [0.1, 0.15) is 11.5 Å². The Morgan fingerprint density at radius 3 is 2.81 bits per heavy atom. The predicted molar refractivity (Wildman–Crippen MR) is 86.4 cm³/mol. The molecule has 0 atom stereocenters. The molecule has 21 heavy (non-hydrogen) atoms. The highest BCUT2D eigenvalue weighted by atomic mass is 79.9. The van der Waals surface area contributed by atoms with Crippen molar-refractivity contribution in [2.75, 3.05) is 0 Å². The average Bonchev–Trinajstić information content (AvgIpc) is 3.32. The van der Waals surface area contributed by atoms with Gasteiger partial charge in [-0.25, -0.2) is 0 Å². The maximum atomic E-state index is 9.20. The Kier molecular flexibility index (Phi) is 4.58. The Balaban J connectivity index is 1.79. The SMILES string of the molecule is OCc1cccc(Oc2ccc(Br)cc2CNC2CC2)c1. The van der Waals surface area contributed by atoms with Gasteiger partial charge >= 0.3 is 0 Å². The second-order valence-corrected chi connectivity index (χ2v) is 6.23. The monoisotopic (exact) mass is 347 g/mol. The molecule has 4 heteroatoms. The Hall–Kier alpha value is -1.36. The highest BCUT2D eigenvalue weighted by molar-refractivity contribution is 9.10. The molecule has 0 aromatic heterocycles. The molecule has 0 radical (unpaired) electrons. The van der Waals surface area contributed by atoms with Crippen LogP contribution in [0.1, 0.15) is 24.0 Å². The lowest BCUT2D eigenvalue weighted by atomic mass is 10.2. The zero-order valence-electron chi connectivity index (χ0n) is 11.7. The van der Waals surface area contributed by atoms with Gasteiger partial charge < -0.3 is 15.2 Å². The molecule has 3 nitrogen and oxygen atoms in total. The smallest absolute Gasteiger partial charge is 0.131 e. The van der Waals surface area contributed by atoms with Crippen molar-refractivity contribution in [3.63, 3.8) is 0 Å². The molecular weight excluding hydrogens is 330 g/mol. The van der Waals surface area contributed by atoms with Gasteiger partial charge in [0.15, 0.2) is 0 Å². The van der Waals surface area contributed by atoms with Gasteiger partial charge in [-0.05, 0) is 48.7 Å². The predicted octanol–water partition coefficient (Wildman–Crippen LogP) is 3.99. The molecule has 110 valence electrons. The molecule has 0 heterocycles. The molecule has 3 rings (SSSR count). The first-order valence-electron chi connectivity index (χ1n) is 7.14. The molecule has 2 N–H and O–H groups in total. The van der Waals surface area contributed by atoms with Crippen LogP contribution < -0.4 is 10.1 Å². The first-order valence-corrected chi connectivity index (χ1v) is 7.93. The van der Waals surface area contributed by atoms with Crippen molar-refractivity contribution in [1.82, 2.24) is 5.32 Å². The second kappa shape index (κ2) is 6.60. The van der Waals surface area contributed by atoms with E-state index in [1.54, 1.807) is 0 Å². The number of rotatable bonds is 6. The van der Waals surface area contributed by atoms with Gasteiger partial charge in [0.25, 0.3) is 0 Å². The number of aliphatic hydroxyl groups is 1. The summed E-state index contributed by atoms with van der Waals surface area (Å²) < 4.78 is 7.04. The Bertz CT molecular complexity index is 626. The lowest BCUT2D eigenvalue weighted by Crippen LogP contribution is -2.15. The third kappa shape index (κ3) is 4.06. The maximum Gasteiger partial charge on any atom is 0.131 e. The van der Waals surface area contributed by atoms with Gasteiger partial charge in [-0.2, -0.15) is 0 Å². The molecule has 1 aliphatic carbocycles. The van der Waals surface area contributed by atoms with E-state index in [4.69, 9.17) is 4.74 Å². The minimum Gasteiger partial charge on any atom is -0.457 e. The van der Waals surface area contributed by atoms with E-state index in [-0.39, 0.29) is 6.61 Å². The summed E-state index contributed by atoms with van der Waals surface area (Å²) in [5, 5.41) is 12.7. The first-order chi connectivity index (χ1) is 10.2. The second-order valence-electron chi connectivity index (χ2n) is 5.31. The summed E-state index contributed by atoms with van der Waals surface area (Å²) >= 11 is 3.51. The quantitative estimate of drug-likeness (QED) is 0.830. The molecule has 0 bridgehead atoms. The number of halogens is 1. The number of ether oxygens (including phenoxy) is 1. The van der Waals surface area contributed by atoms with Crippen molar-refractivity contribution >= 4 is 15.9 Å². The highest BCUT2D eigenvalue weighted by Gasteiger charge is 2.20. The summed E-state index contributed by atoms with van der Waals surface area (Å²) in [6.07, 6.45) is 2.53. The number of hydrogen-bond acceptors (Lipinski definition) is 3. The Labute approximate surface area is 133 Å². The van der Waals surface area contributed by atoms with Crippen molar-refractivity contribution in [3.05, 3.63) is 58.1 Å². The van der Waals surface area contributed by atoms with E-state index >= 15 is 0 Å². The van der Waals surface area contributed by atoms with Crippen LogP contribution in [0, 0.1) is 0 Å². The van der Waals surface area contributed by atoms with Crippen molar-refractivity contribution in [1.29, 1.82) is 0 Å². The first kappa shape index (κ1) is 14.6. The topological polar surface area (TPSA) is 41.5 Å². The van der Waals surface area contributed by atoms with E-state index < -0.39 is 0 Å². The van der Waals surface area contributed by atoms with Gasteiger partial charge in [0.05, 0.1) is 6.61 Å². The normalized spacial score (nSPS) is 14.2. The fourth-order valence-corrected chi connectivity index (χ4v) is 2.57. The van der Waals surface area contributed by atoms with E-state index in [9.17, 15) is 5.11 Å². The Morgan fingerprint density at radius 2 is 2.05 bits per heavy atom.